The van der Waals surface area contributed by atoms with Crippen molar-refractivity contribution >= 4 is 23.5 Å². The van der Waals surface area contributed by atoms with Crippen molar-refractivity contribution in [2.45, 2.75) is 19.5 Å². The number of carbonyl (C=O) groups excluding carboxylic acids is 2. The van der Waals surface area contributed by atoms with Gasteiger partial charge in [-0.15, -0.1) is 0 Å². The predicted octanol–water partition coefficient (Wildman–Crippen LogP) is 1.76. The molecule has 1 aromatic carbocycles. The molecule has 0 aliphatic carbocycles. The lowest BCUT2D eigenvalue weighted by Crippen LogP contribution is -2.47. The number of hydrogen-bond donors (Lipinski definition) is 2. The van der Waals surface area contributed by atoms with Crippen LogP contribution < -0.4 is 10.6 Å². The Labute approximate surface area is 122 Å². The van der Waals surface area contributed by atoms with Gasteiger partial charge in [0.25, 0.3) is 0 Å². The van der Waals surface area contributed by atoms with Gasteiger partial charge in [-0.1, -0.05) is 17.7 Å². The van der Waals surface area contributed by atoms with Gasteiger partial charge in [-0.25, -0.2) is 9.18 Å². The van der Waals surface area contributed by atoms with Gasteiger partial charge in [0, 0.05) is 20.6 Å². The topological polar surface area (TPSA) is 61.4 Å². The number of amides is 3. The maximum Gasteiger partial charge on any atom is 0.315 e. The number of hydrogen-bond acceptors (Lipinski definition) is 2. The number of nitrogens with zero attached hydrogens (tertiary/aromatic N) is 1. The zero-order chi connectivity index (χ0) is 15.3. The third-order valence-electron chi connectivity index (χ3n) is 2.60. The maximum atomic E-state index is 13.0. The molecule has 7 heteroatoms. The van der Waals surface area contributed by atoms with Crippen molar-refractivity contribution in [2.75, 3.05) is 14.1 Å². The Morgan fingerprint density at radius 3 is 2.60 bits per heavy atom. The van der Waals surface area contributed by atoms with Gasteiger partial charge in [-0.3, -0.25) is 4.79 Å². The van der Waals surface area contributed by atoms with Crippen molar-refractivity contribution in [3.8, 4) is 0 Å². The van der Waals surface area contributed by atoms with Crippen molar-refractivity contribution in [1.29, 1.82) is 0 Å². The second-order valence-corrected chi connectivity index (χ2v) is 4.94. The summed E-state index contributed by atoms with van der Waals surface area (Å²) in [6.07, 6.45) is 0. The van der Waals surface area contributed by atoms with Gasteiger partial charge in [0.15, 0.2) is 0 Å². The Kier molecular flexibility index (Phi) is 5.76. The molecule has 0 saturated heterocycles. The third-order valence-corrected chi connectivity index (χ3v) is 2.89. The lowest BCUT2D eigenvalue weighted by molar-refractivity contribution is -0.130. The molecule has 1 unspecified atom stereocenters. The highest BCUT2D eigenvalue weighted by Gasteiger charge is 2.16. The van der Waals surface area contributed by atoms with E-state index in [0.29, 0.717) is 5.56 Å². The van der Waals surface area contributed by atoms with Crippen LogP contribution in [0.2, 0.25) is 5.02 Å². The first kappa shape index (κ1) is 16.2. The summed E-state index contributed by atoms with van der Waals surface area (Å²) in [6.45, 7) is 1.78. The van der Waals surface area contributed by atoms with Crippen molar-refractivity contribution in [3.05, 3.63) is 34.6 Å². The van der Waals surface area contributed by atoms with E-state index in [-0.39, 0.29) is 17.5 Å². The molecule has 20 heavy (non-hydrogen) atoms. The standard InChI is InChI=1S/C13H17ClFN3O2/c1-8(12(19)18(2)3)17-13(20)16-7-9-4-5-11(15)10(14)6-9/h4-6,8H,7H2,1-3H3,(H2,16,17,20). The van der Waals surface area contributed by atoms with E-state index in [1.807, 2.05) is 0 Å². The molecule has 0 spiro atoms. The predicted molar refractivity (Wildman–Crippen MR) is 74.9 cm³/mol. The molecule has 2 N–H and O–H groups in total. The van der Waals surface area contributed by atoms with E-state index in [0.717, 1.165) is 0 Å². The van der Waals surface area contributed by atoms with Gasteiger partial charge in [0.1, 0.15) is 11.9 Å². The minimum atomic E-state index is -0.623. The van der Waals surface area contributed by atoms with Crippen LogP contribution in [0.15, 0.2) is 18.2 Å². The van der Waals surface area contributed by atoms with Gasteiger partial charge in [0.2, 0.25) is 5.91 Å². The number of nitrogens with one attached hydrogen (secondary N) is 2. The van der Waals surface area contributed by atoms with Gasteiger partial charge >= 0.3 is 6.03 Å². The van der Waals surface area contributed by atoms with Crippen LogP contribution in [0.5, 0.6) is 0 Å². The monoisotopic (exact) mass is 301 g/mol. The largest absolute Gasteiger partial charge is 0.347 e. The molecule has 0 saturated carbocycles. The van der Waals surface area contributed by atoms with Gasteiger partial charge in [-0.05, 0) is 24.6 Å². The van der Waals surface area contributed by atoms with Crippen molar-refractivity contribution in [1.82, 2.24) is 15.5 Å². The zero-order valence-electron chi connectivity index (χ0n) is 11.5. The van der Waals surface area contributed by atoms with Crippen molar-refractivity contribution < 1.29 is 14.0 Å². The minimum absolute atomic E-state index is 0.000798. The molecule has 0 radical (unpaired) electrons. The molecule has 0 aliphatic rings. The molecular weight excluding hydrogens is 285 g/mol. The normalized spacial score (nSPS) is 11.7. The molecule has 110 valence electrons. The van der Waals surface area contributed by atoms with Crippen LogP contribution in [0.3, 0.4) is 0 Å². The Morgan fingerprint density at radius 2 is 2.05 bits per heavy atom. The number of likely N-dealkylation sites (N-methyl/N-ethyl adjacent to an activating group) is 1. The van der Waals surface area contributed by atoms with Crippen LogP contribution in [0.25, 0.3) is 0 Å². The molecule has 0 fully saturated rings. The number of rotatable bonds is 4. The molecule has 1 rings (SSSR count). The highest BCUT2D eigenvalue weighted by molar-refractivity contribution is 6.30. The van der Waals surface area contributed by atoms with Crippen LogP contribution in [0, 0.1) is 5.82 Å². The summed E-state index contributed by atoms with van der Waals surface area (Å²) in [5.74, 6) is -0.713. The Hall–Kier alpha value is -1.82. The van der Waals surface area contributed by atoms with Gasteiger partial charge < -0.3 is 15.5 Å². The minimum Gasteiger partial charge on any atom is -0.347 e. The van der Waals surface area contributed by atoms with Crippen LogP contribution in [-0.2, 0) is 11.3 Å². The maximum absolute atomic E-state index is 13.0. The van der Waals surface area contributed by atoms with Crippen LogP contribution in [0.4, 0.5) is 9.18 Å². The lowest BCUT2D eigenvalue weighted by atomic mass is 10.2. The molecule has 0 aromatic heterocycles. The van der Waals surface area contributed by atoms with E-state index >= 15 is 0 Å². The highest BCUT2D eigenvalue weighted by atomic mass is 35.5. The second-order valence-electron chi connectivity index (χ2n) is 4.53. The fourth-order valence-corrected chi connectivity index (χ4v) is 1.73. The summed E-state index contributed by atoms with van der Waals surface area (Å²) < 4.78 is 13.0. The highest BCUT2D eigenvalue weighted by Crippen LogP contribution is 2.15. The average Bonchev–Trinajstić information content (AvgIpc) is 2.39. The first-order valence-corrected chi connectivity index (χ1v) is 6.38. The van der Waals surface area contributed by atoms with Crippen LogP contribution in [-0.4, -0.2) is 37.0 Å². The molecule has 1 aromatic rings. The quantitative estimate of drug-likeness (QED) is 0.890. The summed E-state index contributed by atoms with van der Waals surface area (Å²) in [5, 5.41) is 5.08. The van der Waals surface area contributed by atoms with Crippen molar-refractivity contribution in [2.24, 2.45) is 0 Å². The fraction of sp³-hybridized carbons (Fsp3) is 0.385. The zero-order valence-corrected chi connectivity index (χ0v) is 12.3. The van der Waals surface area contributed by atoms with Crippen molar-refractivity contribution in [3.63, 3.8) is 0 Å². The number of benzene rings is 1. The van der Waals surface area contributed by atoms with E-state index in [2.05, 4.69) is 10.6 Å². The van der Waals surface area contributed by atoms with E-state index in [4.69, 9.17) is 11.6 Å². The molecule has 0 aliphatic heterocycles. The SMILES string of the molecule is CC(NC(=O)NCc1ccc(F)c(Cl)c1)C(=O)N(C)C. The summed E-state index contributed by atoms with van der Waals surface area (Å²) in [7, 11) is 3.22. The smallest absolute Gasteiger partial charge is 0.315 e. The van der Waals surface area contributed by atoms with Gasteiger partial charge in [-0.2, -0.15) is 0 Å². The summed E-state index contributed by atoms with van der Waals surface area (Å²) in [6, 6.07) is 3.09. The van der Waals surface area contributed by atoms with Crippen LogP contribution in [0.1, 0.15) is 12.5 Å². The fourth-order valence-electron chi connectivity index (χ4n) is 1.53. The summed E-state index contributed by atoms with van der Waals surface area (Å²) >= 11 is 5.64. The van der Waals surface area contributed by atoms with Gasteiger partial charge in [0.05, 0.1) is 5.02 Å². The first-order chi connectivity index (χ1) is 9.31. The molecule has 3 amide bonds. The molecule has 0 heterocycles. The number of halogens is 2. The Bertz CT molecular complexity index is 508. The average molecular weight is 302 g/mol. The second kappa shape index (κ2) is 7.09. The first-order valence-electron chi connectivity index (χ1n) is 6.00. The molecule has 1 atom stereocenters. The number of carbonyl (C=O) groups is 2. The molecule has 5 nitrogen and oxygen atoms in total. The Morgan fingerprint density at radius 1 is 1.40 bits per heavy atom. The molecular formula is C13H17ClFN3O2. The van der Waals surface area contributed by atoms with E-state index in [1.54, 1.807) is 21.0 Å². The van der Waals surface area contributed by atoms with E-state index < -0.39 is 17.9 Å². The summed E-state index contributed by atoms with van der Waals surface area (Å²) in [5.41, 5.74) is 0.665. The lowest BCUT2D eigenvalue weighted by Gasteiger charge is -2.18. The Balaban J connectivity index is 2.47. The summed E-state index contributed by atoms with van der Waals surface area (Å²) in [4.78, 5) is 24.6. The van der Waals surface area contributed by atoms with E-state index in [9.17, 15) is 14.0 Å². The van der Waals surface area contributed by atoms with E-state index in [1.165, 1.54) is 23.1 Å². The molecule has 0 bridgehead atoms. The van der Waals surface area contributed by atoms with Crippen LogP contribution >= 0.6 is 11.6 Å². The number of urea groups is 1. The third kappa shape index (κ3) is 4.70.